The SMILES string of the molecule is CC[C@]1(N[S+]([O-])C(C)(C)C)COc2c1cc([C@](O)(CNC(=O)c1ccc(OC[C@@H](C)O)c(OC)c1)C(F)(F)F)nc2-c1ccc(F)cc1. The van der Waals surface area contributed by atoms with Crippen LogP contribution in [0.15, 0.2) is 48.5 Å². The molecule has 0 spiro atoms. The zero-order valence-electron chi connectivity index (χ0n) is 27.3. The summed E-state index contributed by atoms with van der Waals surface area (Å²) in [5.41, 5.74) is -5.66. The summed E-state index contributed by atoms with van der Waals surface area (Å²) in [7, 11) is 1.30. The van der Waals surface area contributed by atoms with Gasteiger partial charge in [0.1, 0.15) is 35.0 Å². The van der Waals surface area contributed by atoms with E-state index in [2.05, 4.69) is 15.0 Å². The van der Waals surface area contributed by atoms with Crippen molar-refractivity contribution in [3.05, 3.63) is 71.2 Å². The van der Waals surface area contributed by atoms with Gasteiger partial charge in [-0.2, -0.15) is 13.2 Å². The highest BCUT2D eigenvalue weighted by Gasteiger charge is 2.58. The third-order valence-electron chi connectivity index (χ3n) is 7.82. The lowest BCUT2D eigenvalue weighted by atomic mass is 9.86. The number of fused-ring (bicyclic) bond motifs is 1. The Morgan fingerprint density at radius 3 is 2.38 bits per heavy atom. The molecule has 262 valence electrons. The molecule has 4 N–H and O–H groups in total. The van der Waals surface area contributed by atoms with E-state index < -0.39 is 63.5 Å². The van der Waals surface area contributed by atoms with Crippen LogP contribution in [0, 0.1) is 5.82 Å². The number of aromatic nitrogens is 1. The number of carbonyl (C=O) groups is 1. The van der Waals surface area contributed by atoms with E-state index in [0.29, 0.717) is 0 Å². The lowest BCUT2D eigenvalue weighted by Crippen LogP contribution is -2.53. The number of carbonyl (C=O) groups excluding carboxylic acids is 1. The molecular formula is C33H39F4N3O7S. The van der Waals surface area contributed by atoms with Crippen LogP contribution in [0.3, 0.4) is 0 Å². The number of aliphatic hydroxyl groups is 2. The lowest BCUT2D eigenvalue weighted by Gasteiger charge is -2.34. The van der Waals surface area contributed by atoms with Gasteiger partial charge in [0.15, 0.2) is 17.2 Å². The molecule has 0 fully saturated rings. The van der Waals surface area contributed by atoms with Gasteiger partial charge in [0.2, 0.25) is 5.60 Å². The highest BCUT2D eigenvalue weighted by Crippen LogP contribution is 2.48. The maximum Gasteiger partial charge on any atom is 0.424 e. The number of alkyl halides is 3. The van der Waals surface area contributed by atoms with Gasteiger partial charge in [-0.15, -0.1) is 4.72 Å². The van der Waals surface area contributed by atoms with Crippen LogP contribution in [0.1, 0.15) is 62.7 Å². The summed E-state index contributed by atoms with van der Waals surface area (Å²) in [5.74, 6) is -1.18. The fourth-order valence-corrected chi connectivity index (χ4v) is 5.86. The molecule has 1 unspecified atom stereocenters. The Morgan fingerprint density at radius 1 is 1.15 bits per heavy atom. The first kappa shape index (κ1) is 37.2. The first-order valence-corrected chi connectivity index (χ1v) is 16.2. The van der Waals surface area contributed by atoms with Gasteiger partial charge in [0.25, 0.3) is 5.91 Å². The summed E-state index contributed by atoms with van der Waals surface area (Å²) in [6, 6.07) is 9.78. The van der Waals surface area contributed by atoms with E-state index in [4.69, 9.17) is 14.2 Å². The minimum atomic E-state index is -5.35. The van der Waals surface area contributed by atoms with E-state index in [1.165, 1.54) is 44.4 Å². The summed E-state index contributed by atoms with van der Waals surface area (Å²) >= 11 is -1.69. The van der Waals surface area contributed by atoms with Gasteiger partial charge >= 0.3 is 6.18 Å². The average Bonchev–Trinajstić information content (AvgIpc) is 3.39. The van der Waals surface area contributed by atoms with E-state index in [1.807, 2.05) is 0 Å². The lowest BCUT2D eigenvalue weighted by molar-refractivity contribution is -0.265. The number of nitrogens with zero attached hydrogens (tertiary/aromatic N) is 1. The second kappa shape index (κ2) is 14.1. The van der Waals surface area contributed by atoms with Gasteiger partial charge in [-0.3, -0.25) is 4.79 Å². The molecule has 0 aliphatic carbocycles. The van der Waals surface area contributed by atoms with Crippen molar-refractivity contribution in [2.45, 2.75) is 69.2 Å². The van der Waals surface area contributed by atoms with E-state index in [0.717, 1.165) is 18.2 Å². The zero-order valence-corrected chi connectivity index (χ0v) is 28.1. The largest absolute Gasteiger partial charge is 0.598 e. The minimum Gasteiger partial charge on any atom is -0.598 e. The standard InChI is InChI=1S/C33H39F4N3O7S/c1-7-31(40-48(44)30(3,4)5)18-47-28-23(31)15-26(39-27(28)20-8-11-22(34)12-9-20)32(43,33(35,36)37)17-38-29(42)21-10-13-24(25(14-21)45-6)46-16-19(2)41/h8-15,19,40-41,43H,7,16-18H2,1-6H3,(H,38,42)/t19-,31+,32-,48?/m1/s1. The molecule has 1 aliphatic rings. The van der Waals surface area contributed by atoms with Gasteiger partial charge < -0.3 is 34.3 Å². The van der Waals surface area contributed by atoms with Crippen LogP contribution in [0.25, 0.3) is 11.3 Å². The number of amides is 1. The molecule has 0 saturated heterocycles. The van der Waals surface area contributed by atoms with Crippen molar-refractivity contribution in [2.24, 2.45) is 0 Å². The molecule has 15 heteroatoms. The van der Waals surface area contributed by atoms with Crippen LogP contribution >= 0.6 is 0 Å². The number of aliphatic hydroxyl groups excluding tert-OH is 1. The van der Waals surface area contributed by atoms with Crippen LogP contribution in [0.2, 0.25) is 0 Å². The number of ether oxygens (including phenoxy) is 3. The van der Waals surface area contributed by atoms with E-state index >= 15 is 0 Å². The molecule has 4 rings (SSSR count). The Hall–Kier alpha value is -3.63. The summed E-state index contributed by atoms with van der Waals surface area (Å²) in [5, 5.41) is 23.1. The van der Waals surface area contributed by atoms with E-state index in [1.54, 1.807) is 27.7 Å². The van der Waals surface area contributed by atoms with Crippen LogP contribution < -0.4 is 24.2 Å². The van der Waals surface area contributed by atoms with Crippen LogP contribution in [0.4, 0.5) is 17.6 Å². The molecule has 4 atom stereocenters. The molecule has 1 aromatic heterocycles. The first-order valence-electron chi connectivity index (χ1n) is 15.1. The molecule has 10 nitrogen and oxygen atoms in total. The van der Waals surface area contributed by atoms with Gasteiger partial charge in [-0.1, -0.05) is 6.92 Å². The molecule has 0 bridgehead atoms. The smallest absolute Gasteiger partial charge is 0.424 e. The number of rotatable bonds is 12. The molecule has 1 aliphatic heterocycles. The van der Waals surface area contributed by atoms with Crippen LogP contribution in [-0.4, -0.2) is 69.6 Å². The van der Waals surface area contributed by atoms with Gasteiger partial charge in [-0.25, -0.2) is 9.37 Å². The highest BCUT2D eigenvalue weighted by molar-refractivity contribution is 7.90. The molecule has 2 heterocycles. The maximum absolute atomic E-state index is 14.9. The Morgan fingerprint density at radius 2 is 1.81 bits per heavy atom. The van der Waals surface area contributed by atoms with E-state index in [-0.39, 0.29) is 59.3 Å². The predicted molar refractivity (Wildman–Crippen MR) is 171 cm³/mol. The second-order valence-corrected chi connectivity index (χ2v) is 14.5. The molecule has 2 aromatic carbocycles. The van der Waals surface area contributed by atoms with Crippen LogP contribution in [0.5, 0.6) is 17.2 Å². The van der Waals surface area contributed by atoms with Crippen molar-refractivity contribution >= 4 is 17.3 Å². The Balaban J connectivity index is 1.79. The average molecular weight is 698 g/mol. The molecule has 48 heavy (non-hydrogen) atoms. The van der Waals surface area contributed by atoms with Crippen molar-refractivity contribution in [1.82, 2.24) is 15.0 Å². The van der Waals surface area contributed by atoms with Crippen molar-refractivity contribution < 1.29 is 51.3 Å². The molecule has 0 radical (unpaired) electrons. The first-order chi connectivity index (χ1) is 22.3. The Bertz CT molecular complexity index is 1620. The summed E-state index contributed by atoms with van der Waals surface area (Å²) in [6.07, 6.45) is -5.92. The summed E-state index contributed by atoms with van der Waals surface area (Å²) in [6.45, 7) is 6.92. The number of benzene rings is 2. The number of nitrogens with one attached hydrogen (secondary N) is 2. The van der Waals surface area contributed by atoms with Gasteiger partial charge in [0, 0.05) is 28.1 Å². The molecule has 1 amide bonds. The number of pyridine rings is 1. The van der Waals surface area contributed by atoms with E-state index in [9.17, 15) is 37.1 Å². The van der Waals surface area contributed by atoms with Gasteiger partial charge in [0.05, 0.1) is 25.5 Å². The molecule has 0 saturated carbocycles. The van der Waals surface area contributed by atoms with Crippen LogP contribution in [-0.2, 0) is 22.5 Å². The third-order valence-corrected chi connectivity index (χ3v) is 9.51. The highest BCUT2D eigenvalue weighted by atomic mass is 32.2. The summed E-state index contributed by atoms with van der Waals surface area (Å²) in [4.78, 5) is 17.3. The normalized spacial score (nSPS) is 18.7. The third kappa shape index (κ3) is 7.65. The van der Waals surface area contributed by atoms with Gasteiger partial charge in [-0.05, 0) is 82.6 Å². The fourth-order valence-electron chi connectivity index (χ4n) is 4.89. The number of methoxy groups -OCH3 is 1. The number of hydrogen-bond donors (Lipinski definition) is 4. The Kier molecular flexibility index (Phi) is 10.9. The monoisotopic (exact) mass is 697 g/mol. The second-order valence-electron chi connectivity index (χ2n) is 12.5. The quantitative estimate of drug-likeness (QED) is 0.154. The minimum absolute atomic E-state index is 0.0692. The summed E-state index contributed by atoms with van der Waals surface area (Å²) < 4.78 is 90.7. The topological polar surface area (TPSA) is 145 Å². The predicted octanol–water partition coefficient (Wildman–Crippen LogP) is 4.89. The molecular weight excluding hydrogens is 658 g/mol. The zero-order chi connectivity index (χ0) is 35.7. The van der Waals surface area contributed by atoms with Crippen molar-refractivity contribution in [3.8, 4) is 28.5 Å². The maximum atomic E-state index is 14.9. The van der Waals surface area contributed by atoms with Crippen molar-refractivity contribution in [2.75, 3.05) is 26.9 Å². The number of hydrogen-bond acceptors (Lipinski definition) is 9. The Labute approximate surface area is 279 Å². The van der Waals surface area contributed by atoms with Crippen molar-refractivity contribution in [3.63, 3.8) is 0 Å². The molecule has 3 aromatic rings. The fraction of sp³-hybridized carbons (Fsp3) is 0.455. The van der Waals surface area contributed by atoms with Crippen molar-refractivity contribution in [1.29, 1.82) is 0 Å². The number of halogens is 4.